The smallest absolute Gasteiger partial charge is 0.320 e. The van der Waals surface area contributed by atoms with E-state index >= 15 is 0 Å². The van der Waals surface area contributed by atoms with Gasteiger partial charge in [0.2, 0.25) is 0 Å². The lowest BCUT2D eigenvalue weighted by Gasteiger charge is -2.20. The van der Waals surface area contributed by atoms with Crippen LogP contribution in [0.3, 0.4) is 0 Å². The van der Waals surface area contributed by atoms with E-state index in [9.17, 15) is 9.59 Å². The van der Waals surface area contributed by atoms with E-state index in [1.165, 1.54) is 15.5 Å². The van der Waals surface area contributed by atoms with Gasteiger partial charge in [0.25, 0.3) is 5.56 Å². The molecular weight excluding hydrogens is 284 g/mol. The first-order valence-electron chi connectivity index (χ1n) is 7.20. The Bertz CT molecular complexity index is 687. The highest BCUT2D eigenvalue weighted by molar-refractivity contribution is 7.14. The SMILES string of the molecule is C=CCN(CCCCC)C(=O)n1sc2ccccc2c1=O. The van der Waals surface area contributed by atoms with E-state index in [0.717, 1.165) is 24.0 Å². The molecule has 0 radical (unpaired) electrons. The molecule has 2 rings (SSSR count). The summed E-state index contributed by atoms with van der Waals surface area (Å²) in [6.07, 6.45) is 4.80. The molecule has 2 aromatic rings. The van der Waals surface area contributed by atoms with Gasteiger partial charge in [-0.15, -0.1) is 6.58 Å². The quantitative estimate of drug-likeness (QED) is 0.603. The van der Waals surface area contributed by atoms with Crippen molar-refractivity contribution >= 4 is 27.6 Å². The van der Waals surface area contributed by atoms with Crippen molar-refractivity contribution in [3.8, 4) is 0 Å². The monoisotopic (exact) mass is 304 g/mol. The molecule has 0 atom stereocenters. The Morgan fingerprint density at radius 1 is 1.38 bits per heavy atom. The molecule has 1 aromatic heterocycles. The van der Waals surface area contributed by atoms with Crippen LogP contribution in [0.1, 0.15) is 26.2 Å². The molecule has 0 spiro atoms. The normalized spacial score (nSPS) is 10.7. The number of rotatable bonds is 6. The third-order valence-electron chi connectivity index (χ3n) is 3.32. The highest BCUT2D eigenvalue weighted by atomic mass is 32.1. The van der Waals surface area contributed by atoms with Crippen molar-refractivity contribution in [2.24, 2.45) is 0 Å². The van der Waals surface area contributed by atoms with Gasteiger partial charge in [-0.05, 0) is 30.1 Å². The second-order valence-corrected chi connectivity index (χ2v) is 5.90. The maximum atomic E-state index is 12.6. The Labute approximate surface area is 128 Å². The lowest BCUT2D eigenvalue weighted by molar-refractivity contribution is 0.206. The summed E-state index contributed by atoms with van der Waals surface area (Å²) in [6, 6.07) is 7.05. The van der Waals surface area contributed by atoms with Crippen LogP contribution in [0.2, 0.25) is 0 Å². The topological polar surface area (TPSA) is 42.3 Å². The predicted octanol–water partition coefficient (Wildman–Crippen LogP) is 3.71. The van der Waals surface area contributed by atoms with Gasteiger partial charge < -0.3 is 4.90 Å². The van der Waals surface area contributed by atoms with Crippen LogP contribution in [0.5, 0.6) is 0 Å². The number of unbranched alkanes of at least 4 members (excludes halogenated alkanes) is 2. The van der Waals surface area contributed by atoms with E-state index in [1.54, 1.807) is 17.0 Å². The average molecular weight is 304 g/mol. The van der Waals surface area contributed by atoms with Crippen LogP contribution in [0.25, 0.3) is 10.1 Å². The number of carbonyl (C=O) groups is 1. The number of aromatic nitrogens is 1. The molecular formula is C16H20N2O2S. The molecule has 0 aliphatic carbocycles. The van der Waals surface area contributed by atoms with Gasteiger partial charge >= 0.3 is 6.03 Å². The molecule has 0 aliphatic rings. The lowest BCUT2D eigenvalue weighted by Crippen LogP contribution is -2.38. The van der Waals surface area contributed by atoms with Gasteiger partial charge in [-0.2, -0.15) is 3.96 Å². The highest BCUT2D eigenvalue weighted by Gasteiger charge is 2.18. The van der Waals surface area contributed by atoms with Crippen LogP contribution in [-0.2, 0) is 0 Å². The third-order valence-corrected chi connectivity index (χ3v) is 4.37. The van der Waals surface area contributed by atoms with Crippen molar-refractivity contribution in [3.63, 3.8) is 0 Å². The maximum absolute atomic E-state index is 12.6. The van der Waals surface area contributed by atoms with E-state index in [4.69, 9.17) is 0 Å². The molecule has 112 valence electrons. The van der Waals surface area contributed by atoms with Crippen molar-refractivity contribution in [1.82, 2.24) is 8.86 Å². The molecule has 0 fully saturated rings. The minimum absolute atomic E-state index is 0.231. The van der Waals surface area contributed by atoms with Gasteiger partial charge in [-0.1, -0.05) is 38.0 Å². The standard InChI is InChI=1S/C16H20N2O2S/c1-3-5-8-12-17(11-4-2)16(20)18-15(19)13-9-6-7-10-14(13)21-18/h4,6-7,9-10H,2-3,5,8,11-12H2,1H3. The zero-order valence-corrected chi connectivity index (χ0v) is 13.1. The van der Waals surface area contributed by atoms with Crippen LogP contribution >= 0.6 is 11.5 Å². The lowest BCUT2D eigenvalue weighted by atomic mass is 10.2. The van der Waals surface area contributed by atoms with Crippen LogP contribution in [0, 0.1) is 0 Å². The van der Waals surface area contributed by atoms with Crippen LogP contribution in [0.4, 0.5) is 4.79 Å². The van der Waals surface area contributed by atoms with Crippen molar-refractivity contribution in [1.29, 1.82) is 0 Å². The summed E-state index contributed by atoms with van der Waals surface area (Å²) in [5.74, 6) is 0. The fraction of sp³-hybridized carbons (Fsp3) is 0.375. The van der Waals surface area contributed by atoms with Gasteiger partial charge in [0.1, 0.15) is 0 Å². The van der Waals surface area contributed by atoms with E-state index in [1.807, 2.05) is 18.2 Å². The number of hydrogen-bond acceptors (Lipinski definition) is 3. The van der Waals surface area contributed by atoms with Gasteiger partial charge in [-0.25, -0.2) is 4.79 Å². The first-order chi connectivity index (χ1) is 10.2. The van der Waals surface area contributed by atoms with Crippen molar-refractivity contribution < 1.29 is 4.79 Å². The molecule has 4 nitrogen and oxygen atoms in total. The number of fused-ring (bicyclic) bond motifs is 1. The molecule has 1 aromatic carbocycles. The predicted molar refractivity (Wildman–Crippen MR) is 88.2 cm³/mol. The van der Waals surface area contributed by atoms with Gasteiger partial charge in [0.05, 0.1) is 10.1 Å². The molecule has 0 unspecified atom stereocenters. The van der Waals surface area contributed by atoms with Crippen molar-refractivity contribution in [3.05, 3.63) is 47.3 Å². The van der Waals surface area contributed by atoms with Crippen molar-refractivity contribution in [2.75, 3.05) is 13.1 Å². The van der Waals surface area contributed by atoms with Gasteiger partial charge in [-0.3, -0.25) is 4.79 Å². The minimum atomic E-state index is -0.253. The summed E-state index contributed by atoms with van der Waals surface area (Å²) >= 11 is 1.20. The number of carbonyl (C=O) groups excluding carboxylic acids is 1. The largest absolute Gasteiger partial charge is 0.341 e. The molecule has 0 saturated heterocycles. The molecule has 0 N–H and O–H groups in total. The zero-order chi connectivity index (χ0) is 15.2. The summed E-state index contributed by atoms with van der Waals surface area (Å²) in [5.41, 5.74) is -0.231. The van der Waals surface area contributed by atoms with E-state index in [-0.39, 0.29) is 11.6 Å². The first-order valence-corrected chi connectivity index (χ1v) is 7.97. The number of amides is 1. The summed E-state index contributed by atoms with van der Waals surface area (Å²) in [7, 11) is 0. The Kier molecular flexibility index (Phi) is 5.33. The van der Waals surface area contributed by atoms with E-state index < -0.39 is 0 Å². The molecule has 1 amide bonds. The Morgan fingerprint density at radius 3 is 2.81 bits per heavy atom. The minimum Gasteiger partial charge on any atom is -0.320 e. The average Bonchev–Trinajstić information content (AvgIpc) is 2.83. The molecule has 0 saturated carbocycles. The number of benzene rings is 1. The second-order valence-electron chi connectivity index (χ2n) is 4.91. The Hall–Kier alpha value is -1.88. The van der Waals surface area contributed by atoms with Crippen LogP contribution < -0.4 is 5.56 Å². The summed E-state index contributed by atoms with van der Waals surface area (Å²) < 4.78 is 2.09. The fourth-order valence-corrected chi connectivity index (χ4v) is 3.16. The van der Waals surface area contributed by atoms with Crippen molar-refractivity contribution in [2.45, 2.75) is 26.2 Å². The molecule has 21 heavy (non-hydrogen) atoms. The number of nitrogens with zero attached hydrogens (tertiary/aromatic N) is 2. The summed E-state index contributed by atoms with van der Waals surface area (Å²) in [5, 5.41) is 0.600. The highest BCUT2D eigenvalue weighted by Crippen LogP contribution is 2.16. The third kappa shape index (κ3) is 3.42. The molecule has 0 aliphatic heterocycles. The number of hydrogen-bond donors (Lipinski definition) is 0. The van der Waals surface area contributed by atoms with Gasteiger partial charge in [0.15, 0.2) is 0 Å². The fourth-order valence-electron chi connectivity index (χ4n) is 2.20. The summed E-state index contributed by atoms with van der Waals surface area (Å²) in [4.78, 5) is 26.6. The first kappa shape index (κ1) is 15.5. The summed E-state index contributed by atoms with van der Waals surface area (Å²) in [6.45, 7) is 6.93. The molecule has 5 heteroatoms. The molecule has 0 bridgehead atoms. The zero-order valence-electron chi connectivity index (χ0n) is 12.2. The molecule has 1 heterocycles. The second kappa shape index (κ2) is 7.22. The Morgan fingerprint density at radius 2 is 2.14 bits per heavy atom. The van der Waals surface area contributed by atoms with Crippen LogP contribution in [-0.4, -0.2) is 28.0 Å². The van der Waals surface area contributed by atoms with Crippen LogP contribution in [0.15, 0.2) is 41.7 Å². The maximum Gasteiger partial charge on any atom is 0.341 e. The van der Waals surface area contributed by atoms with Gasteiger partial charge in [0, 0.05) is 13.1 Å². The van der Waals surface area contributed by atoms with E-state index in [2.05, 4.69) is 13.5 Å². The van der Waals surface area contributed by atoms with E-state index in [0.29, 0.717) is 18.5 Å². The Balaban J connectivity index is 2.27.